The van der Waals surface area contributed by atoms with E-state index in [9.17, 15) is 4.79 Å². The molecule has 1 aromatic carbocycles. The lowest BCUT2D eigenvalue weighted by molar-refractivity contribution is 0.0443. The molecule has 18 heavy (non-hydrogen) atoms. The van der Waals surface area contributed by atoms with E-state index in [-0.39, 0.29) is 18.0 Å². The third kappa shape index (κ3) is 4.15. The lowest BCUT2D eigenvalue weighted by Crippen LogP contribution is -2.23. The maximum atomic E-state index is 12.2. The molecule has 0 heterocycles. The van der Waals surface area contributed by atoms with E-state index in [4.69, 9.17) is 9.47 Å². The van der Waals surface area contributed by atoms with Gasteiger partial charge in [-0.25, -0.2) is 0 Å². The van der Waals surface area contributed by atoms with Crippen LogP contribution in [0.2, 0.25) is 0 Å². The molecule has 0 spiro atoms. The topological polar surface area (TPSA) is 35.5 Å². The van der Waals surface area contributed by atoms with Gasteiger partial charge in [-0.05, 0) is 39.3 Å². The molecular formula is C15H22O3. The summed E-state index contributed by atoms with van der Waals surface area (Å²) in [5, 5.41) is 0. The van der Waals surface area contributed by atoms with Gasteiger partial charge in [0.1, 0.15) is 11.9 Å². The molecule has 1 unspecified atom stereocenters. The predicted octanol–water partition coefficient (Wildman–Crippen LogP) is 3.47. The van der Waals surface area contributed by atoms with Crippen molar-refractivity contribution in [1.82, 2.24) is 0 Å². The van der Waals surface area contributed by atoms with Gasteiger partial charge in [-0.1, -0.05) is 19.1 Å². The summed E-state index contributed by atoms with van der Waals surface area (Å²) in [5.41, 5.74) is 0.647. The number of hydrogen-bond donors (Lipinski definition) is 0. The van der Waals surface area contributed by atoms with Gasteiger partial charge in [0.15, 0.2) is 5.78 Å². The number of carbonyl (C=O) groups is 1. The van der Waals surface area contributed by atoms with E-state index in [1.165, 1.54) is 0 Å². The Balaban J connectivity index is 2.84. The van der Waals surface area contributed by atoms with Crippen molar-refractivity contribution in [3.8, 4) is 5.75 Å². The third-order valence-electron chi connectivity index (χ3n) is 2.52. The van der Waals surface area contributed by atoms with E-state index in [0.717, 1.165) is 5.75 Å². The van der Waals surface area contributed by atoms with Gasteiger partial charge in [-0.15, -0.1) is 0 Å². The molecule has 0 amide bonds. The zero-order valence-electron chi connectivity index (χ0n) is 11.6. The van der Waals surface area contributed by atoms with E-state index in [0.29, 0.717) is 18.6 Å². The number of hydrogen-bond acceptors (Lipinski definition) is 3. The van der Waals surface area contributed by atoms with Gasteiger partial charge < -0.3 is 9.47 Å². The Morgan fingerprint density at radius 2 is 2.00 bits per heavy atom. The van der Waals surface area contributed by atoms with Gasteiger partial charge in [-0.3, -0.25) is 4.79 Å². The number of rotatable bonds is 7. The molecule has 0 bridgehead atoms. The van der Waals surface area contributed by atoms with Crippen LogP contribution in [0.25, 0.3) is 0 Å². The van der Waals surface area contributed by atoms with Crippen molar-refractivity contribution in [2.24, 2.45) is 0 Å². The van der Waals surface area contributed by atoms with Gasteiger partial charge in [-0.2, -0.15) is 0 Å². The number of benzene rings is 1. The molecule has 0 aliphatic carbocycles. The number of Topliss-reactive ketones (excluding diaryl/α,β-unsaturated/α-hetero) is 1. The summed E-state index contributed by atoms with van der Waals surface area (Å²) in [6, 6.07) is 7.28. The van der Waals surface area contributed by atoms with Crippen molar-refractivity contribution < 1.29 is 14.3 Å². The summed E-state index contributed by atoms with van der Waals surface area (Å²) < 4.78 is 11.0. The quantitative estimate of drug-likeness (QED) is 0.695. The summed E-state index contributed by atoms with van der Waals surface area (Å²) in [5.74, 6) is 0.746. The fraction of sp³-hybridized carbons (Fsp3) is 0.533. The average Bonchev–Trinajstić information content (AvgIpc) is 2.34. The molecule has 0 aliphatic rings. The van der Waals surface area contributed by atoms with E-state index < -0.39 is 0 Å². The SMILES string of the molecule is CCOC(CC)C(=O)c1cccc(OC(C)C)c1. The zero-order valence-corrected chi connectivity index (χ0v) is 11.6. The Kier molecular flexibility index (Phi) is 5.86. The van der Waals surface area contributed by atoms with Crippen LogP contribution in [0.3, 0.4) is 0 Å². The van der Waals surface area contributed by atoms with Crippen LogP contribution in [-0.2, 0) is 4.74 Å². The van der Waals surface area contributed by atoms with Crippen molar-refractivity contribution in [2.75, 3.05) is 6.61 Å². The second kappa shape index (κ2) is 7.17. The highest BCUT2D eigenvalue weighted by atomic mass is 16.5. The monoisotopic (exact) mass is 250 g/mol. The second-order valence-electron chi connectivity index (χ2n) is 4.41. The van der Waals surface area contributed by atoms with Gasteiger partial charge in [0.25, 0.3) is 0 Å². The van der Waals surface area contributed by atoms with Crippen molar-refractivity contribution in [1.29, 1.82) is 0 Å². The van der Waals surface area contributed by atoms with Crippen molar-refractivity contribution in [3.05, 3.63) is 29.8 Å². The van der Waals surface area contributed by atoms with Crippen molar-refractivity contribution >= 4 is 5.78 Å². The van der Waals surface area contributed by atoms with E-state index >= 15 is 0 Å². The van der Waals surface area contributed by atoms with Crippen LogP contribution in [0, 0.1) is 0 Å². The first kappa shape index (κ1) is 14.7. The van der Waals surface area contributed by atoms with Crippen LogP contribution >= 0.6 is 0 Å². The van der Waals surface area contributed by atoms with Gasteiger partial charge in [0, 0.05) is 12.2 Å². The number of ketones is 1. The molecule has 100 valence electrons. The molecule has 0 N–H and O–H groups in total. The van der Waals surface area contributed by atoms with Gasteiger partial charge in [0.05, 0.1) is 6.10 Å². The Morgan fingerprint density at radius 1 is 1.28 bits per heavy atom. The predicted molar refractivity (Wildman–Crippen MR) is 72.2 cm³/mol. The minimum atomic E-state index is -0.357. The highest BCUT2D eigenvalue weighted by Gasteiger charge is 2.18. The van der Waals surface area contributed by atoms with Crippen molar-refractivity contribution in [2.45, 2.75) is 46.3 Å². The van der Waals surface area contributed by atoms with Crippen LogP contribution in [-0.4, -0.2) is 24.6 Å². The van der Waals surface area contributed by atoms with Crippen LogP contribution in [0.5, 0.6) is 5.75 Å². The third-order valence-corrected chi connectivity index (χ3v) is 2.52. The maximum absolute atomic E-state index is 12.2. The normalized spacial score (nSPS) is 12.5. The zero-order chi connectivity index (χ0) is 13.5. The Labute approximate surface area is 109 Å². The van der Waals surface area contributed by atoms with E-state index in [1.54, 1.807) is 12.1 Å². The summed E-state index contributed by atoms with van der Waals surface area (Å²) >= 11 is 0. The van der Waals surface area contributed by atoms with Crippen LogP contribution in [0.1, 0.15) is 44.5 Å². The lowest BCUT2D eigenvalue weighted by atomic mass is 10.0. The summed E-state index contributed by atoms with van der Waals surface area (Å²) in [4.78, 5) is 12.2. The first-order valence-electron chi connectivity index (χ1n) is 6.51. The molecule has 1 rings (SSSR count). The Hall–Kier alpha value is -1.35. The molecular weight excluding hydrogens is 228 g/mol. The summed E-state index contributed by atoms with van der Waals surface area (Å²) in [7, 11) is 0. The number of carbonyl (C=O) groups excluding carboxylic acids is 1. The van der Waals surface area contributed by atoms with Gasteiger partial charge >= 0.3 is 0 Å². The van der Waals surface area contributed by atoms with Crippen LogP contribution < -0.4 is 4.74 Å². The first-order chi connectivity index (χ1) is 8.58. The average molecular weight is 250 g/mol. The largest absolute Gasteiger partial charge is 0.491 e. The molecule has 0 saturated carbocycles. The molecule has 3 nitrogen and oxygen atoms in total. The Bertz CT molecular complexity index is 385. The summed E-state index contributed by atoms with van der Waals surface area (Å²) in [6.07, 6.45) is 0.426. The maximum Gasteiger partial charge on any atom is 0.191 e. The molecule has 1 atom stereocenters. The standard InChI is InChI=1S/C15H22O3/c1-5-14(17-6-2)15(16)12-8-7-9-13(10-12)18-11(3)4/h7-11,14H,5-6H2,1-4H3. The fourth-order valence-electron chi connectivity index (χ4n) is 1.76. The highest BCUT2D eigenvalue weighted by molar-refractivity contribution is 5.99. The second-order valence-corrected chi connectivity index (χ2v) is 4.41. The fourth-order valence-corrected chi connectivity index (χ4v) is 1.76. The minimum Gasteiger partial charge on any atom is -0.491 e. The first-order valence-corrected chi connectivity index (χ1v) is 6.51. The molecule has 3 heteroatoms. The van der Waals surface area contributed by atoms with Crippen molar-refractivity contribution in [3.63, 3.8) is 0 Å². The molecule has 0 aliphatic heterocycles. The van der Waals surface area contributed by atoms with E-state index in [1.807, 2.05) is 39.8 Å². The highest BCUT2D eigenvalue weighted by Crippen LogP contribution is 2.17. The van der Waals surface area contributed by atoms with Gasteiger partial charge in [0.2, 0.25) is 0 Å². The minimum absolute atomic E-state index is 0.0218. The Morgan fingerprint density at radius 3 is 2.56 bits per heavy atom. The molecule has 1 aromatic rings. The number of ether oxygens (including phenoxy) is 2. The smallest absolute Gasteiger partial charge is 0.191 e. The molecule has 0 radical (unpaired) electrons. The van der Waals surface area contributed by atoms with Crippen LogP contribution in [0.15, 0.2) is 24.3 Å². The molecule has 0 aromatic heterocycles. The lowest BCUT2D eigenvalue weighted by Gasteiger charge is -2.15. The molecule has 0 saturated heterocycles. The molecule has 0 fully saturated rings. The summed E-state index contributed by atoms with van der Waals surface area (Å²) in [6.45, 7) is 8.32. The van der Waals surface area contributed by atoms with Crippen LogP contribution in [0.4, 0.5) is 0 Å². The van der Waals surface area contributed by atoms with E-state index in [2.05, 4.69) is 0 Å².